The Bertz CT molecular complexity index is 1240. The van der Waals surface area contributed by atoms with E-state index in [4.69, 9.17) is 9.47 Å². The fourth-order valence-electron chi connectivity index (χ4n) is 2.87. The second-order valence-corrected chi connectivity index (χ2v) is 8.68. The van der Waals surface area contributed by atoms with Gasteiger partial charge in [-0.05, 0) is 47.5 Å². The Hall–Kier alpha value is -4.26. The summed E-state index contributed by atoms with van der Waals surface area (Å²) in [4.78, 5) is 58.3. The highest BCUT2D eigenvalue weighted by molar-refractivity contribution is 8.18. The SMILES string of the molecule is CC(C)COC(=O)CN1C(=O)S/C(=C/c2cccc(Oc3ccc([N+](=O)[O-])cc3[N+](=O)[O-])c2)C1=O. The van der Waals surface area contributed by atoms with Crippen molar-refractivity contribution < 1.29 is 33.7 Å². The maximum absolute atomic E-state index is 12.6. The lowest BCUT2D eigenvalue weighted by atomic mass is 10.2. The summed E-state index contributed by atoms with van der Waals surface area (Å²) < 4.78 is 10.6. The van der Waals surface area contributed by atoms with E-state index < -0.39 is 44.9 Å². The van der Waals surface area contributed by atoms with Crippen LogP contribution >= 0.6 is 11.8 Å². The predicted octanol–water partition coefficient (Wildman–Crippen LogP) is 4.53. The standard InChI is InChI=1S/C22H19N3O9S/c1-13(2)12-33-20(26)11-23-21(27)19(35-22(23)28)9-14-4-3-5-16(8-14)34-18-7-6-15(24(29)30)10-17(18)25(31)32/h3-10,13H,11-12H2,1-2H3/b19-9+. The number of hydrogen-bond donors (Lipinski definition) is 0. The molecule has 0 aliphatic carbocycles. The number of hydrogen-bond acceptors (Lipinski definition) is 10. The maximum atomic E-state index is 12.6. The molecule has 0 bridgehead atoms. The Balaban J connectivity index is 1.77. The molecule has 0 radical (unpaired) electrons. The van der Waals surface area contributed by atoms with E-state index in [1.165, 1.54) is 18.2 Å². The fourth-order valence-corrected chi connectivity index (χ4v) is 3.70. The van der Waals surface area contributed by atoms with E-state index >= 15 is 0 Å². The van der Waals surface area contributed by atoms with Crippen molar-refractivity contribution in [2.75, 3.05) is 13.2 Å². The van der Waals surface area contributed by atoms with Crippen LogP contribution in [-0.4, -0.2) is 45.0 Å². The first-order chi connectivity index (χ1) is 16.5. The van der Waals surface area contributed by atoms with Crippen molar-refractivity contribution >= 4 is 46.3 Å². The molecule has 1 fully saturated rings. The number of nitrogens with zero attached hydrogens (tertiary/aromatic N) is 3. The quantitative estimate of drug-likeness (QED) is 0.207. The van der Waals surface area contributed by atoms with Gasteiger partial charge in [-0.15, -0.1) is 0 Å². The molecular weight excluding hydrogens is 482 g/mol. The number of non-ortho nitro benzene ring substituents is 1. The zero-order valence-electron chi connectivity index (χ0n) is 18.5. The second-order valence-electron chi connectivity index (χ2n) is 7.69. The molecule has 2 aromatic rings. The van der Waals surface area contributed by atoms with Gasteiger partial charge in [0.05, 0.1) is 27.4 Å². The molecule has 0 atom stereocenters. The molecule has 1 heterocycles. The van der Waals surface area contributed by atoms with Gasteiger partial charge in [0.25, 0.3) is 16.8 Å². The average molecular weight is 501 g/mol. The Morgan fingerprint density at radius 2 is 1.86 bits per heavy atom. The van der Waals surface area contributed by atoms with Crippen molar-refractivity contribution in [2.45, 2.75) is 13.8 Å². The van der Waals surface area contributed by atoms with E-state index in [1.54, 1.807) is 12.1 Å². The van der Waals surface area contributed by atoms with E-state index in [-0.39, 0.29) is 28.9 Å². The highest BCUT2D eigenvalue weighted by Crippen LogP contribution is 2.36. The van der Waals surface area contributed by atoms with E-state index in [1.807, 2.05) is 13.8 Å². The van der Waals surface area contributed by atoms with Crippen LogP contribution in [0.15, 0.2) is 47.4 Å². The van der Waals surface area contributed by atoms with Crippen LogP contribution < -0.4 is 4.74 Å². The monoisotopic (exact) mass is 501 g/mol. The number of nitro groups is 2. The molecule has 2 aromatic carbocycles. The average Bonchev–Trinajstić information content (AvgIpc) is 3.05. The predicted molar refractivity (Wildman–Crippen MR) is 125 cm³/mol. The van der Waals surface area contributed by atoms with Crippen LogP contribution in [0.3, 0.4) is 0 Å². The van der Waals surface area contributed by atoms with Crippen LogP contribution in [0.25, 0.3) is 6.08 Å². The van der Waals surface area contributed by atoms with E-state index in [0.717, 1.165) is 23.1 Å². The molecule has 1 aliphatic heterocycles. The van der Waals surface area contributed by atoms with Gasteiger partial charge in [0.2, 0.25) is 5.75 Å². The van der Waals surface area contributed by atoms with Crippen LogP contribution in [0, 0.1) is 26.1 Å². The minimum atomic E-state index is -0.797. The number of esters is 1. The lowest BCUT2D eigenvalue weighted by Crippen LogP contribution is -2.34. The first-order valence-corrected chi connectivity index (χ1v) is 11.0. The first-order valence-electron chi connectivity index (χ1n) is 10.2. The number of amides is 2. The minimum Gasteiger partial charge on any atom is -0.464 e. The van der Waals surface area contributed by atoms with Gasteiger partial charge in [-0.25, -0.2) is 0 Å². The third-order valence-corrected chi connectivity index (χ3v) is 5.38. The summed E-state index contributed by atoms with van der Waals surface area (Å²) >= 11 is 0.660. The van der Waals surface area contributed by atoms with Crippen LogP contribution in [0.5, 0.6) is 11.5 Å². The zero-order chi connectivity index (χ0) is 25.7. The lowest BCUT2D eigenvalue weighted by molar-refractivity contribution is -0.394. The Morgan fingerprint density at radius 1 is 1.11 bits per heavy atom. The second kappa shape index (κ2) is 10.8. The summed E-state index contributed by atoms with van der Waals surface area (Å²) in [6.07, 6.45) is 1.42. The van der Waals surface area contributed by atoms with Crippen LogP contribution in [0.4, 0.5) is 16.2 Å². The number of carbonyl (C=O) groups is 3. The fraction of sp³-hybridized carbons (Fsp3) is 0.227. The number of benzene rings is 2. The molecule has 0 aromatic heterocycles. The van der Waals surface area contributed by atoms with Gasteiger partial charge in [-0.1, -0.05) is 26.0 Å². The van der Waals surface area contributed by atoms with E-state index in [0.29, 0.717) is 17.3 Å². The molecule has 0 N–H and O–H groups in total. The normalized spacial score (nSPS) is 14.5. The molecule has 13 heteroatoms. The number of ether oxygens (including phenoxy) is 2. The van der Waals surface area contributed by atoms with Crippen molar-refractivity contribution in [2.24, 2.45) is 5.92 Å². The first kappa shape index (κ1) is 25.4. The summed E-state index contributed by atoms with van der Waals surface area (Å²) in [5.41, 5.74) is -0.600. The van der Waals surface area contributed by atoms with Crippen molar-refractivity contribution in [3.8, 4) is 11.5 Å². The third-order valence-electron chi connectivity index (χ3n) is 4.47. The summed E-state index contributed by atoms with van der Waals surface area (Å²) in [7, 11) is 0. The van der Waals surface area contributed by atoms with Crippen molar-refractivity contribution in [3.63, 3.8) is 0 Å². The van der Waals surface area contributed by atoms with E-state index in [9.17, 15) is 34.6 Å². The minimum absolute atomic E-state index is 0.0742. The summed E-state index contributed by atoms with van der Waals surface area (Å²) in [6, 6.07) is 9.13. The molecule has 2 amide bonds. The molecule has 182 valence electrons. The number of thioether (sulfide) groups is 1. The van der Waals surface area contributed by atoms with Crippen molar-refractivity contribution in [1.82, 2.24) is 4.90 Å². The summed E-state index contributed by atoms with van der Waals surface area (Å²) in [6.45, 7) is 3.38. The van der Waals surface area contributed by atoms with Gasteiger partial charge in [0, 0.05) is 6.07 Å². The molecule has 12 nitrogen and oxygen atoms in total. The highest BCUT2D eigenvalue weighted by Gasteiger charge is 2.36. The maximum Gasteiger partial charge on any atom is 0.326 e. The summed E-state index contributed by atoms with van der Waals surface area (Å²) in [5.74, 6) is -1.29. The molecule has 0 saturated carbocycles. The molecule has 1 aliphatic rings. The molecular formula is C22H19N3O9S. The van der Waals surface area contributed by atoms with E-state index in [2.05, 4.69) is 0 Å². The molecule has 3 rings (SSSR count). The number of imide groups is 1. The van der Waals surface area contributed by atoms with Crippen LogP contribution in [0.1, 0.15) is 19.4 Å². The van der Waals surface area contributed by atoms with Gasteiger partial charge >= 0.3 is 11.7 Å². The van der Waals surface area contributed by atoms with Gasteiger partial charge in [0.15, 0.2) is 0 Å². The number of rotatable bonds is 9. The Morgan fingerprint density at radius 3 is 2.51 bits per heavy atom. The number of nitro benzene ring substituents is 2. The van der Waals surface area contributed by atoms with Gasteiger partial charge in [-0.3, -0.25) is 39.5 Å². The summed E-state index contributed by atoms with van der Waals surface area (Å²) in [5, 5.41) is 21.6. The van der Waals surface area contributed by atoms with Gasteiger partial charge < -0.3 is 9.47 Å². The zero-order valence-corrected chi connectivity index (χ0v) is 19.4. The largest absolute Gasteiger partial charge is 0.464 e. The highest BCUT2D eigenvalue weighted by atomic mass is 32.2. The third kappa shape index (κ3) is 6.41. The smallest absolute Gasteiger partial charge is 0.326 e. The topological polar surface area (TPSA) is 159 Å². The van der Waals surface area contributed by atoms with Gasteiger partial charge in [0.1, 0.15) is 12.3 Å². The Kier molecular flexibility index (Phi) is 7.81. The molecule has 1 saturated heterocycles. The lowest BCUT2D eigenvalue weighted by Gasteiger charge is -2.12. The van der Waals surface area contributed by atoms with Crippen molar-refractivity contribution in [3.05, 3.63) is 73.2 Å². The molecule has 0 spiro atoms. The Labute approximate surface area is 202 Å². The van der Waals surface area contributed by atoms with Crippen molar-refractivity contribution in [1.29, 1.82) is 0 Å². The van der Waals surface area contributed by atoms with Gasteiger partial charge in [-0.2, -0.15) is 0 Å². The molecule has 35 heavy (non-hydrogen) atoms. The molecule has 0 unspecified atom stereocenters. The van der Waals surface area contributed by atoms with Crippen LogP contribution in [-0.2, 0) is 14.3 Å². The van der Waals surface area contributed by atoms with Crippen LogP contribution in [0.2, 0.25) is 0 Å². The number of carbonyl (C=O) groups excluding carboxylic acids is 3.